The highest BCUT2D eigenvalue weighted by Gasteiger charge is 2.17. The molecule has 2 rings (SSSR count). The number of nitrogens with two attached hydrogens (primary N) is 1. The largest absolute Gasteiger partial charge is 0.375 e. The number of hydrazone groups is 1. The van der Waals surface area contributed by atoms with Gasteiger partial charge in [-0.1, -0.05) is 0 Å². The molecule has 3 N–H and O–H groups in total. The summed E-state index contributed by atoms with van der Waals surface area (Å²) >= 11 is 4.55. The van der Waals surface area contributed by atoms with Gasteiger partial charge in [-0.15, -0.1) is 0 Å². The Bertz CT molecular complexity index is 527. The van der Waals surface area contributed by atoms with Gasteiger partial charge in [0.2, 0.25) is 0 Å². The highest BCUT2D eigenvalue weighted by atomic mass is 32.1. The van der Waals surface area contributed by atoms with Crippen LogP contribution in [0.3, 0.4) is 0 Å². The van der Waals surface area contributed by atoms with Crippen LogP contribution in [0, 0.1) is 11.6 Å². The van der Waals surface area contributed by atoms with E-state index in [0.29, 0.717) is 5.69 Å². The number of rotatable bonds is 3. The average Bonchev–Trinajstić information content (AvgIpc) is 2.43. The van der Waals surface area contributed by atoms with Crippen molar-refractivity contribution in [3.8, 4) is 0 Å². The SMILES string of the molecule is NC(=S)NN=Cc1cc(F)c(N2CCCCC2)cc1F. The van der Waals surface area contributed by atoms with Crippen LogP contribution in [-0.4, -0.2) is 24.4 Å². The summed E-state index contributed by atoms with van der Waals surface area (Å²) in [5.74, 6) is -0.981. The molecule has 1 aliphatic heterocycles. The normalized spacial score (nSPS) is 15.6. The number of anilines is 1. The summed E-state index contributed by atoms with van der Waals surface area (Å²) in [7, 11) is 0. The van der Waals surface area contributed by atoms with E-state index in [4.69, 9.17) is 5.73 Å². The van der Waals surface area contributed by atoms with Gasteiger partial charge < -0.3 is 10.6 Å². The molecule has 1 aromatic carbocycles. The number of nitrogens with zero attached hydrogens (tertiary/aromatic N) is 2. The lowest BCUT2D eigenvalue weighted by atomic mass is 10.1. The number of nitrogens with one attached hydrogen (secondary N) is 1. The smallest absolute Gasteiger partial charge is 0.184 e. The van der Waals surface area contributed by atoms with Gasteiger partial charge in [-0.25, -0.2) is 8.78 Å². The zero-order valence-electron chi connectivity index (χ0n) is 10.9. The van der Waals surface area contributed by atoms with Crippen LogP contribution in [0.15, 0.2) is 17.2 Å². The Balaban J connectivity index is 2.19. The molecule has 0 saturated carbocycles. The molecule has 1 aromatic rings. The Hall–Kier alpha value is -1.76. The number of halogens is 2. The summed E-state index contributed by atoms with van der Waals surface area (Å²) in [6.45, 7) is 1.51. The standard InChI is InChI=1S/C13H16F2N4S/c14-10-7-12(19-4-2-1-3-5-19)11(15)6-9(10)8-17-18-13(16)20/h6-8H,1-5H2,(H3,16,18,20). The minimum Gasteiger partial charge on any atom is -0.375 e. The van der Waals surface area contributed by atoms with E-state index in [-0.39, 0.29) is 10.7 Å². The van der Waals surface area contributed by atoms with Crippen molar-refractivity contribution in [2.45, 2.75) is 19.3 Å². The number of hydrogen-bond donors (Lipinski definition) is 2. The average molecular weight is 298 g/mol. The molecule has 1 heterocycles. The van der Waals surface area contributed by atoms with Crippen LogP contribution in [0.1, 0.15) is 24.8 Å². The number of piperidine rings is 1. The van der Waals surface area contributed by atoms with Gasteiger partial charge in [0, 0.05) is 24.7 Å². The minimum absolute atomic E-state index is 0.0351. The Morgan fingerprint density at radius 1 is 1.25 bits per heavy atom. The number of thiocarbonyl (C=S) groups is 1. The zero-order valence-corrected chi connectivity index (χ0v) is 11.7. The van der Waals surface area contributed by atoms with Gasteiger partial charge in [-0.05, 0) is 37.5 Å². The molecule has 0 radical (unpaired) electrons. The summed E-state index contributed by atoms with van der Waals surface area (Å²) in [5.41, 5.74) is 7.83. The van der Waals surface area contributed by atoms with Crippen LogP contribution in [0.5, 0.6) is 0 Å². The molecule has 0 bridgehead atoms. The predicted octanol–water partition coefficient (Wildman–Crippen LogP) is 2.12. The van der Waals surface area contributed by atoms with Crippen molar-refractivity contribution < 1.29 is 8.78 Å². The highest BCUT2D eigenvalue weighted by molar-refractivity contribution is 7.80. The Morgan fingerprint density at radius 2 is 1.95 bits per heavy atom. The monoisotopic (exact) mass is 298 g/mol. The second-order valence-corrected chi connectivity index (χ2v) is 5.05. The van der Waals surface area contributed by atoms with Gasteiger partial charge in [0.05, 0.1) is 11.9 Å². The maximum absolute atomic E-state index is 14.1. The summed E-state index contributed by atoms with van der Waals surface area (Å²) in [5, 5.41) is 3.59. The van der Waals surface area contributed by atoms with Crippen molar-refractivity contribution in [2.24, 2.45) is 10.8 Å². The van der Waals surface area contributed by atoms with Gasteiger partial charge >= 0.3 is 0 Å². The lowest BCUT2D eigenvalue weighted by Crippen LogP contribution is -2.30. The molecule has 0 amide bonds. The van der Waals surface area contributed by atoms with E-state index >= 15 is 0 Å². The van der Waals surface area contributed by atoms with Crippen LogP contribution >= 0.6 is 12.2 Å². The third-order valence-electron chi connectivity index (χ3n) is 3.14. The first kappa shape index (κ1) is 14.6. The third-order valence-corrected chi connectivity index (χ3v) is 3.23. The maximum atomic E-state index is 14.1. The summed E-state index contributed by atoms with van der Waals surface area (Å²) < 4.78 is 28.0. The second kappa shape index (κ2) is 6.60. The molecule has 7 heteroatoms. The molecule has 4 nitrogen and oxygen atoms in total. The molecule has 0 unspecified atom stereocenters. The highest BCUT2D eigenvalue weighted by Crippen LogP contribution is 2.25. The third kappa shape index (κ3) is 3.63. The molecule has 20 heavy (non-hydrogen) atoms. The fourth-order valence-corrected chi connectivity index (χ4v) is 2.25. The molecule has 1 fully saturated rings. The van der Waals surface area contributed by atoms with Gasteiger partial charge in [-0.3, -0.25) is 5.43 Å². The van der Waals surface area contributed by atoms with Gasteiger partial charge in [0.25, 0.3) is 0 Å². The second-order valence-electron chi connectivity index (χ2n) is 4.61. The van der Waals surface area contributed by atoms with Crippen molar-refractivity contribution >= 4 is 29.2 Å². The fourth-order valence-electron chi connectivity index (χ4n) is 2.19. The molecular formula is C13H16F2N4S. The van der Waals surface area contributed by atoms with Crippen LogP contribution in [0.2, 0.25) is 0 Å². The minimum atomic E-state index is -0.527. The van der Waals surface area contributed by atoms with Crippen molar-refractivity contribution in [1.82, 2.24) is 5.43 Å². The molecule has 0 aromatic heterocycles. The van der Waals surface area contributed by atoms with E-state index in [0.717, 1.165) is 44.6 Å². The first-order chi connectivity index (χ1) is 9.58. The first-order valence-electron chi connectivity index (χ1n) is 6.40. The Kier molecular flexibility index (Phi) is 4.84. The van der Waals surface area contributed by atoms with Crippen LogP contribution in [0.4, 0.5) is 14.5 Å². The molecule has 0 aliphatic carbocycles. The van der Waals surface area contributed by atoms with E-state index in [1.807, 2.05) is 4.90 Å². The van der Waals surface area contributed by atoms with Gasteiger partial charge in [-0.2, -0.15) is 5.10 Å². The van der Waals surface area contributed by atoms with E-state index in [1.165, 1.54) is 6.07 Å². The molecule has 0 atom stereocenters. The van der Waals surface area contributed by atoms with E-state index in [9.17, 15) is 8.78 Å². The van der Waals surface area contributed by atoms with Gasteiger partial charge in [0.15, 0.2) is 5.11 Å². The van der Waals surface area contributed by atoms with Crippen molar-refractivity contribution in [3.05, 3.63) is 29.3 Å². The zero-order chi connectivity index (χ0) is 14.5. The lowest BCUT2D eigenvalue weighted by molar-refractivity contribution is 0.549. The van der Waals surface area contributed by atoms with E-state index in [1.54, 1.807) is 0 Å². The number of hydrogen-bond acceptors (Lipinski definition) is 3. The molecule has 1 aliphatic rings. The fraction of sp³-hybridized carbons (Fsp3) is 0.385. The van der Waals surface area contributed by atoms with E-state index < -0.39 is 11.6 Å². The van der Waals surface area contributed by atoms with Crippen molar-refractivity contribution in [1.29, 1.82) is 0 Å². The summed E-state index contributed by atoms with van der Waals surface area (Å²) in [6.07, 6.45) is 4.29. The lowest BCUT2D eigenvalue weighted by Gasteiger charge is -2.29. The Labute approximate surface area is 121 Å². The summed E-state index contributed by atoms with van der Waals surface area (Å²) in [4.78, 5) is 1.87. The Morgan fingerprint density at radius 3 is 2.60 bits per heavy atom. The molecule has 108 valence electrons. The number of benzene rings is 1. The quantitative estimate of drug-likeness (QED) is 0.510. The molecule has 1 saturated heterocycles. The van der Waals surface area contributed by atoms with Crippen LogP contribution < -0.4 is 16.1 Å². The maximum Gasteiger partial charge on any atom is 0.184 e. The predicted molar refractivity (Wildman–Crippen MR) is 79.9 cm³/mol. The van der Waals surface area contributed by atoms with Crippen molar-refractivity contribution in [2.75, 3.05) is 18.0 Å². The molecular weight excluding hydrogens is 282 g/mol. The van der Waals surface area contributed by atoms with Gasteiger partial charge in [0.1, 0.15) is 11.6 Å². The topological polar surface area (TPSA) is 53.6 Å². The molecule has 0 spiro atoms. The van der Waals surface area contributed by atoms with E-state index in [2.05, 4.69) is 22.7 Å². The summed E-state index contributed by atoms with van der Waals surface area (Å²) in [6, 6.07) is 2.34. The first-order valence-corrected chi connectivity index (χ1v) is 6.81. The van der Waals surface area contributed by atoms with Crippen LogP contribution in [0.25, 0.3) is 0 Å². The van der Waals surface area contributed by atoms with Crippen molar-refractivity contribution in [3.63, 3.8) is 0 Å². The van der Waals surface area contributed by atoms with Crippen LogP contribution in [-0.2, 0) is 0 Å².